The summed E-state index contributed by atoms with van der Waals surface area (Å²) >= 11 is 3.28. The third-order valence-corrected chi connectivity index (χ3v) is 2.96. The number of tetrazole rings is 1. The zero-order valence-electron chi connectivity index (χ0n) is 11.3. The van der Waals surface area contributed by atoms with Crippen LogP contribution in [0.15, 0.2) is 33.8 Å². The molecule has 22 heavy (non-hydrogen) atoms. The third kappa shape index (κ3) is 4.15. The number of nitrogens with one attached hydrogen (secondary N) is 1. The molecule has 0 spiro atoms. The molecule has 114 valence electrons. The van der Waals surface area contributed by atoms with Crippen LogP contribution >= 0.6 is 15.9 Å². The van der Waals surface area contributed by atoms with E-state index >= 15 is 0 Å². The monoisotopic (exact) mass is 367 g/mol. The number of hydrogen-bond acceptors (Lipinski definition) is 7. The van der Waals surface area contributed by atoms with Crippen molar-refractivity contribution in [3.63, 3.8) is 0 Å². The van der Waals surface area contributed by atoms with Crippen LogP contribution in [0, 0.1) is 10.1 Å². The molecule has 1 N–H and O–H groups in total. The van der Waals surface area contributed by atoms with Crippen molar-refractivity contribution < 1.29 is 9.72 Å². The lowest BCUT2D eigenvalue weighted by molar-refractivity contribution is -0.394. The first kappa shape index (κ1) is 15.7. The van der Waals surface area contributed by atoms with Crippen molar-refractivity contribution in [3.05, 3.63) is 44.4 Å². The molecular weight excluding hydrogens is 358 g/mol. The minimum Gasteiger partial charge on any atom is -0.390 e. The number of nitro groups is 1. The summed E-state index contributed by atoms with van der Waals surface area (Å²) in [4.78, 5) is 22.5. The van der Waals surface area contributed by atoms with Gasteiger partial charge in [0.2, 0.25) is 0 Å². The number of hydrazone groups is 1. The number of benzene rings is 1. The molecule has 0 bridgehead atoms. The van der Waals surface area contributed by atoms with Gasteiger partial charge in [0.15, 0.2) is 0 Å². The third-order valence-electron chi connectivity index (χ3n) is 2.43. The normalized spacial score (nSPS) is 11.3. The number of aromatic nitrogens is 4. The molecule has 0 atom stereocenters. The Morgan fingerprint density at radius 3 is 2.73 bits per heavy atom. The predicted octanol–water partition coefficient (Wildman–Crippen LogP) is 1.15. The van der Waals surface area contributed by atoms with Crippen LogP contribution in [0.1, 0.15) is 17.3 Å². The van der Waals surface area contributed by atoms with Gasteiger partial charge in [-0.2, -0.15) is 5.10 Å². The fraction of sp³-hybridized carbons (Fsp3) is 0.182. The lowest BCUT2D eigenvalue weighted by Crippen LogP contribution is -2.21. The Morgan fingerprint density at radius 1 is 1.45 bits per heavy atom. The lowest BCUT2D eigenvalue weighted by atomic mass is 10.2. The van der Waals surface area contributed by atoms with Crippen LogP contribution in [0.4, 0.5) is 5.95 Å². The van der Waals surface area contributed by atoms with Crippen molar-refractivity contribution in [1.29, 1.82) is 0 Å². The van der Waals surface area contributed by atoms with Crippen LogP contribution in [0.2, 0.25) is 0 Å². The molecule has 0 aliphatic rings. The van der Waals surface area contributed by atoms with E-state index in [1.54, 1.807) is 31.2 Å². The van der Waals surface area contributed by atoms with Gasteiger partial charge in [-0.15, -0.1) is 0 Å². The topological polar surface area (TPSA) is 128 Å². The minimum absolute atomic E-state index is 0.0709. The van der Waals surface area contributed by atoms with Crippen LogP contribution in [-0.4, -0.2) is 36.7 Å². The second-order valence-corrected chi connectivity index (χ2v) is 5.09. The van der Waals surface area contributed by atoms with Crippen LogP contribution in [0.5, 0.6) is 0 Å². The highest BCUT2D eigenvalue weighted by Crippen LogP contribution is 2.10. The number of amides is 1. The van der Waals surface area contributed by atoms with Crippen LogP contribution in [-0.2, 0) is 6.54 Å². The first-order chi connectivity index (χ1) is 10.5. The van der Waals surface area contributed by atoms with Crippen molar-refractivity contribution in [1.82, 2.24) is 25.6 Å². The van der Waals surface area contributed by atoms with Gasteiger partial charge < -0.3 is 10.1 Å². The van der Waals surface area contributed by atoms with Gasteiger partial charge in [0.1, 0.15) is 6.54 Å². The van der Waals surface area contributed by atoms with Crippen LogP contribution in [0.25, 0.3) is 0 Å². The highest BCUT2D eigenvalue weighted by molar-refractivity contribution is 9.10. The predicted molar refractivity (Wildman–Crippen MR) is 79.2 cm³/mol. The fourth-order valence-corrected chi connectivity index (χ4v) is 1.69. The van der Waals surface area contributed by atoms with Crippen LogP contribution < -0.4 is 5.43 Å². The van der Waals surface area contributed by atoms with E-state index in [1.807, 2.05) is 0 Å². The highest BCUT2D eigenvalue weighted by Gasteiger charge is 2.15. The van der Waals surface area contributed by atoms with Crippen molar-refractivity contribution in [2.75, 3.05) is 0 Å². The molecule has 0 aliphatic heterocycles. The van der Waals surface area contributed by atoms with Gasteiger partial charge in [-0.1, -0.05) is 20.7 Å². The Balaban J connectivity index is 1.95. The molecule has 0 unspecified atom stereocenters. The number of carbonyl (C=O) groups is 1. The SMILES string of the molecule is CC(Cn1nnc([N+](=O)[O-])n1)=NNC(=O)c1ccc(Br)cc1. The minimum atomic E-state index is -0.745. The molecule has 0 fully saturated rings. The quantitative estimate of drug-likeness (QED) is 0.479. The zero-order chi connectivity index (χ0) is 16.1. The molecule has 11 heteroatoms. The molecule has 1 aromatic carbocycles. The molecule has 10 nitrogen and oxygen atoms in total. The maximum Gasteiger partial charge on any atom is 0.514 e. The molecule has 0 aliphatic carbocycles. The molecular formula is C11H10BrN7O3. The molecule has 1 aromatic heterocycles. The van der Waals surface area contributed by atoms with E-state index in [-0.39, 0.29) is 12.5 Å². The molecule has 1 heterocycles. The summed E-state index contributed by atoms with van der Waals surface area (Å²) in [7, 11) is 0. The zero-order valence-corrected chi connectivity index (χ0v) is 12.9. The summed E-state index contributed by atoms with van der Waals surface area (Å²) in [5.74, 6) is -0.962. The van der Waals surface area contributed by atoms with Gasteiger partial charge in [-0.25, -0.2) is 5.43 Å². The summed E-state index contributed by atoms with van der Waals surface area (Å²) in [6.07, 6.45) is 0. The van der Waals surface area contributed by atoms with Crippen molar-refractivity contribution >= 4 is 33.5 Å². The largest absolute Gasteiger partial charge is 0.514 e. The first-order valence-corrected chi connectivity index (χ1v) is 6.76. The van der Waals surface area contributed by atoms with Gasteiger partial charge in [0.05, 0.1) is 15.9 Å². The van der Waals surface area contributed by atoms with E-state index in [9.17, 15) is 14.9 Å². The van der Waals surface area contributed by atoms with Gasteiger partial charge in [0.25, 0.3) is 5.91 Å². The summed E-state index contributed by atoms with van der Waals surface area (Å²) in [6, 6.07) is 6.77. The van der Waals surface area contributed by atoms with Crippen LogP contribution in [0.3, 0.4) is 0 Å². The molecule has 0 saturated carbocycles. The van der Waals surface area contributed by atoms with Gasteiger partial charge in [-0.3, -0.25) is 4.79 Å². The Bertz CT molecular complexity index is 726. The van der Waals surface area contributed by atoms with Gasteiger partial charge >= 0.3 is 5.95 Å². The second-order valence-electron chi connectivity index (χ2n) is 4.17. The Hall–Kier alpha value is -2.69. The standard InChI is InChI=1S/C11H10BrN7O3/c1-7(6-18-16-11(15-17-18)19(21)22)13-14-10(20)8-2-4-9(12)5-3-8/h2-5H,6H2,1H3,(H,14,20). The van der Waals surface area contributed by atoms with E-state index in [1.165, 1.54) is 0 Å². The summed E-state index contributed by atoms with van der Waals surface area (Å²) in [6.45, 7) is 1.69. The van der Waals surface area contributed by atoms with E-state index in [2.05, 4.69) is 41.9 Å². The van der Waals surface area contributed by atoms with Gasteiger partial charge in [0, 0.05) is 15.2 Å². The smallest absolute Gasteiger partial charge is 0.390 e. The first-order valence-electron chi connectivity index (χ1n) is 5.97. The van der Waals surface area contributed by atoms with E-state index in [4.69, 9.17) is 0 Å². The number of rotatable bonds is 5. The fourth-order valence-electron chi connectivity index (χ4n) is 1.43. The summed E-state index contributed by atoms with van der Waals surface area (Å²) in [5.41, 5.74) is 3.29. The average molecular weight is 368 g/mol. The maximum atomic E-state index is 11.8. The van der Waals surface area contributed by atoms with E-state index in [0.717, 1.165) is 9.27 Å². The molecule has 2 aromatic rings. The maximum absolute atomic E-state index is 11.8. The van der Waals surface area contributed by atoms with E-state index < -0.39 is 10.9 Å². The number of hydrogen-bond donors (Lipinski definition) is 1. The summed E-state index contributed by atoms with van der Waals surface area (Å²) < 4.78 is 0.864. The van der Waals surface area contributed by atoms with Crippen molar-refractivity contribution in [3.8, 4) is 0 Å². The van der Waals surface area contributed by atoms with Crippen molar-refractivity contribution in [2.45, 2.75) is 13.5 Å². The van der Waals surface area contributed by atoms with Gasteiger partial charge in [-0.05, 0) is 36.1 Å². The summed E-state index contributed by atoms with van der Waals surface area (Å²) in [5, 5.41) is 24.6. The Morgan fingerprint density at radius 2 is 2.14 bits per heavy atom. The molecule has 2 rings (SSSR count). The highest BCUT2D eigenvalue weighted by atomic mass is 79.9. The Kier molecular flexibility index (Phi) is 4.88. The number of nitrogens with zero attached hydrogens (tertiary/aromatic N) is 6. The number of carbonyl (C=O) groups excluding carboxylic acids is 1. The van der Waals surface area contributed by atoms with E-state index in [0.29, 0.717) is 11.3 Å². The second kappa shape index (κ2) is 6.85. The molecule has 0 radical (unpaired) electrons. The number of halogens is 1. The average Bonchev–Trinajstić information content (AvgIpc) is 2.94. The molecule has 1 amide bonds. The van der Waals surface area contributed by atoms with Crippen molar-refractivity contribution in [2.24, 2.45) is 5.10 Å². The Labute approximate surface area is 132 Å². The lowest BCUT2D eigenvalue weighted by Gasteiger charge is -2.01. The molecule has 0 saturated heterocycles.